The zero-order valence-corrected chi connectivity index (χ0v) is 16.8. The molecule has 0 saturated heterocycles. The van der Waals surface area contributed by atoms with E-state index in [0.29, 0.717) is 18.2 Å². The van der Waals surface area contributed by atoms with Crippen molar-refractivity contribution in [3.8, 4) is 5.95 Å². The summed E-state index contributed by atoms with van der Waals surface area (Å²) in [6.45, 7) is 2.12. The van der Waals surface area contributed by atoms with E-state index in [1.807, 2.05) is 47.2 Å². The van der Waals surface area contributed by atoms with Gasteiger partial charge in [0, 0.05) is 35.6 Å². The number of aromatic nitrogens is 4. The van der Waals surface area contributed by atoms with Gasteiger partial charge in [-0.15, -0.1) is 0 Å². The van der Waals surface area contributed by atoms with Crippen LogP contribution in [-0.2, 0) is 6.54 Å². The maximum atomic E-state index is 14.4. The number of nitrogens with two attached hydrogens (primary N) is 1. The van der Waals surface area contributed by atoms with Gasteiger partial charge in [0.1, 0.15) is 0 Å². The molecule has 0 saturated carbocycles. The number of benzene rings is 1. The number of nitrogens with one attached hydrogen (secondary N) is 2. The van der Waals surface area contributed by atoms with Crippen molar-refractivity contribution in [3.63, 3.8) is 0 Å². The molecule has 1 aliphatic rings. The molecular formula is C23H22FN7. The van der Waals surface area contributed by atoms with Gasteiger partial charge in [0.15, 0.2) is 11.6 Å². The second-order valence-corrected chi connectivity index (χ2v) is 7.41. The van der Waals surface area contributed by atoms with Gasteiger partial charge in [0.25, 0.3) is 0 Å². The molecule has 0 radical (unpaired) electrons. The molecule has 0 amide bonds. The lowest BCUT2D eigenvalue weighted by molar-refractivity contribution is 0.614. The fraction of sp³-hybridized carbons (Fsp3) is 0.174. The van der Waals surface area contributed by atoms with Crippen LogP contribution in [0.3, 0.4) is 0 Å². The molecule has 4 aromatic rings. The molecule has 1 aromatic carbocycles. The number of rotatable bonds is 5. The summed E-state index contributed by atoms with van der Waals surface area (Å²) in [6.07, 6.45) is 8.02. The van der Waals surface area contributed by atoms with Gasteiger partial charge in [0.05, 0.1) is 24.0 Å². The first-order chi connectivity index (χ1) is 15.2. The Bertz CT molecular complexity index is 1260. The van der Waals surface area contributed by atoms with Gasteiger partial charge in [-0.3, -0.25) is 9.55 Å². The van der Waals surface area contributed by atoms with Crippen LogP contribution in [0.1, 0.15) is 17.7 Å². The number of fused-ring (bicyclic) bond motifs is 1. The fourth-order valence-electron chi connectivity index (χ4n) is 3.81. The Balaban J connectivity index is 1.55. The van der Waals surface area contributed by atoms with E-state index >= 15 is 0 Å². The topological polar surface area (TPSA) is 93.7 Å². The molecule has 0 unspecified atom stereocenters. The summed E-state index contributed by atoms with van der Waals surface area (Å²) in [5, 5.41) is 7.39. The van der Waals surface area contributed by atoms with E-state index in [1.54, 1.807) is 6.20 Å². The summed E-state index contributed by atoms with van der Waals surface area (Å²) >= 11 is 0. The summed E-state index contributed by atoms with van der Waals surface area (Å²) < 4.78 is 16.3. The highest BCUT2D eigenvalue weighted by molar-refractivity contribution is 5.95. The minimum atomic E-state index is -0.512. The molecule has 5 rings (SSSR count). The Morgan fingerprint density at radius 1 is 1.19 bits per heavy atom. The predicted octanol–water partition coefficient (Wildman–Crippen LogP) is 3.53. The predicted molar refractivity (Wildman–Crippen MR) is 120 cm³/mol. The fourth-order valence-corrected chi connectivity index (χ4v) is 3.81. The van der Waals surface area contributed by atoms with Crippen LogP contribution < -0.4 is 16.4 Å². The number of nitrogens with zero attached hydrogens (tertiary/aromatic N) is 4. The number of anilines is 2. The Kier molecular flexibility index (Phi) is 5.05. The molecule has 0 atom stereocenters. The Morgan fingerprint density at radius 2 is 2.13 bits per heavy atom. The summed E-state index contributed by atoms with van der Waals surface area (Å²) in [6, 6.07) is 11.4. The SMILES string of the molecule is Nc1ccc2c(c1)c(C1=CCNCC1)cn2-c1ncc(F)c(NCc2ccccn2)n1. The highest BCUT2D eigenvalue weighted by Gasteiger charge is 2.17. The van der Waals surface area contributed by atoms with Crippen molar-refractivity contribution in [2.45, 2.75) is 13.0 Å². The van der Waals surface area contributed by atoms with Crippen LogP contribution in [0.4, 0.5) is 15.9 Å². The largest absolute Gasteiger partial charge is 0.399 e. The van der Waals surface area contributed by atoms with Crippen LogP contribution in [0.15, 0.2) is 61.1 Å². The summed E-state index contributed by atoms with van der Waals surface area (Å²) in [4.78, 5) is 13.0. The molecule has 4 heterocycles. The van der Waals surface area contributed by atoms with Crippen LogP contribution in [0.25, 0.3) is 22.4 Å². The molecule has 3 aromatic heterocycles. The first-order valence-corrected chi connectivity index (χ1v) is 10.2. The Morgan fingerprint density at radius 3 is 2.94 bits per heavy atom. The molecule has 31 heavy (non-hydrogen) atoms. The van der Waals surface area contributed by atoms with Crippen LogP contribution in [0.2, 0.25) is 0 Å². The maximum Gasteiger partial charge on any atom is 0.236 e. The summed E-state index contributed by atoms with van der Waals surface area (Å²) in [7, 11) is 0. The smallest absolute Gasteiger partial charge is 0.236 e. The van der Waals surface area contributed by atoms with Crippen LogP contribution >= 0.6 is 0 Å². The van der Waals surface area contributed by atoms with Gasteiger partial charge < -0.3 is 16.4 Å². The van der Waals surface area contributed by atoms with E-state index in [9.17, 15) is 4.39 Å². The normalized spacial score (nSPS) is 13.9. The highest BCUT2D eigenvalue weighted by Crippen LogP contribution is 2.32. The zero-order valence-electron chi connectivity index (χ0n) is 16.8. The Labute approximate surface area is 178 Å². The van der Waals surface area contributed by atoms with Gasteiger partial charge in [-0.2, -0.15) is 4.98 Å². The molecule has 0 spiro atoms. The first-order valence-electron chi connectivity index (χ1n) is 10.2. The molecule has 156 valence electrons. The van der Waals surface area contributed by atoms with Crippen LogP contribution in [0, 0.1) is 5.82 Å². The van der Waals surface area contributed by atoms with Crippen molar-refractivity contribution in [3.05, 3.63) is 78.1 Å². The number of halogens is 1. The molecule has 7 nitrogen and oxygen atoms in total. The lowest BCUT2D eigenvalue weighted by atomic mass is 9.99. The zero-order chi connectivity index (χ0) is 21.2. The van der Waals surface area contributed by atoms with Crippen LogP contribution in [0.5, 0.6) is 0 Å². The van der Waals surface area contributed by atoms with Crippen molar-refractivity contribution in [1.29, 1.82) is 0 Å². The van der Waals surface area contributed by atoms with Crippen molar-refractivity contribution >= 4 is 28.0 Å². The van der Waals surface area contributed by atoms with E-state index in [1.165, 1.54) is 11.8 Å². The number of hydrogen-bond acceptors (Lipinski definition) is 6. The molecule has 0 fully saturated rings. The number of hydrogen-bond donors (Lipinski definition) is 3. The molecule has 0 bridgehead atoms. The van der Waals surface area contributed by atoms with Gasteiger partial charge in [-0.05, 0) is 48.9 Å². The lowest BCUT2D eigenvalue weighted by Gasteiger charge is -2.13. The monoisotopic (exact) mass is 415 g/mol. The molecule has 0 aliphatic carbocycles. The quantitative estimate of drug-likeness (QED) is 0.432. The van der Waals surface area contributed by atoms with Crippen LogP contribution in [-0.4, -0.2) is 32.6 Å². The van der Waals surface area contributed by atoms with Crippen molar-refractivity contribution < 1.29 is 4.39 Å². The average Bonchev–Trinajstić information content (AvgIpc) is 3.18. The highest BCUT2D eigenvalue weighted by atomic mass is 19.1. The maximum absolute atomic E-state index is 14.4. The van der Waals surface area contributed by atoms with Gasteiger partial charge in [-0.1, -0.05) is 12.1 Å². The molecule has 8 heteroatoms. The molecule has 1 aliphatic heterocycles. The van der Waals surface area contributed by atoms with Gasteiger partial charge in [0.2, 0.25) is 5.95 Å². The van der Waals surface area contributed by atoms with E-state index in [-0.39, 0.29) is 5.82 Å². The minimum Gasteiger partial charge on any atom is -0.399 e. The molecule has 4 N–H and O–H groups in total. The standard InChI is InChI=1S/C23H22FN7/c24-20-13-29-23(30-22(20)28-12-17-3-1-2-8-27-17)31-14-19(15-6-9-26-10-7-15)18-11-16(25)4-5-21(18)31/h1-6,8,11,13-14,26H,7,9-10,12,25H2,(H,28,29,30). The third-order valence-electron chi connectivity index (χ3n) is 5.35. The summed E-state index contributed by atoms with van der Waals surface area (Å²) in [5.74, 6) is 0.0118. The first kappa shape index (κ1) is 19.2. The number of pyridine rings is 1. The third-order valence-corrected chi connectivity index (χ3v) is 5.35. The van der Waals surface area contributed by atoms with Gasteiger partial charge in [-0.25, -0.2) is 9.37 Å². The Hall–Kier alpha value is -3.78. The second-order valence-electron chi connectivity index (χ2n) is 7.41. The lowest BCUT2D eigenvalue weighted by Crippen LogP contribution is -2.19. The average molecular weight is 415 g/mol. The molecular weight excluding hydrogens is 393 g/mol. The third kappa shape index (κ3) is 3.85. The summed E-state index contributed by atoms with van der Waals surface area (Å²) in [5.41, 5.74) is 10.8. The number of nitrogen functional groups attached to an aromatic ring is 1. The van der Waals surface area contributed by atoms with Crippen molar-refractivity contribution in [2.75, 3.05) is 24.1 Å². The van der Waals surface area contributed by atoms with E-state index in [0.717, 1.165) is 41.7 Å². The van der Waals surface area contributed by atoms with Crippen molar-refractivity contribution in [2.24, 2.45) is 0 Å². The van der Waals surface area contributed by atoms with Gasteiger partial charge >= 0.3 is 0 Å². The van der Waals surface area contributed by atoms with E-state index < -0.39 is 5.82 Å². The van der Waals surface area contributed by atoms with E-state index in [4.69, 9.17) is 5.73 Å². The minimum absolute atomic E-state index is 0.135. The second kappa shape index (κ2) is 8.16. The van der Waals surface area contributed by atoms with E-state index in [2.05, 4.69) is 31.7 Å². The van der Waals surface area contributed by atoms with Crippen molar-refractivity contribution in [1.82, 2.24) is 24.8 Å².